The van der Waals surface area contributed by atoms with Gasteiger partial charge in [-0.3, -0.25) is 0 Å². The molecular weight excluding hydrogens is 191 g/mol. The van der Waals surface area contributed by atoms with Crippen molar-refractivity contribution in [3.63, 3.8) is 0 Å². The van der Waals surface area contributed by atoms with E-state index in [9.17, 15) is 5.11 Å². The van der Waals surface area contributed by atoms with Crippen LogP contribution in [0.2, 0.25) is 0 Å². The molecule has 0 saturated heterocycles. The Kier molecular flexibility index (Phi) is 4.10. The molecule has 2 rings (SSSR count). The Bertz CT molecular complexity index is 265. The highest BCUT2D eigenvalue weighted by atomic mass is 31.0. The lowest BCUT2D eigenvalue weighted by molar-refractivity contribution is -0.000622. The molecule has 1 N–H and O–H groups in total. The van der Waals surface area contributed by atoms with E-state index in [2.05, 4.69) is 0 Å². The molecule has 0 heterocycles. The molecule has 1 unspecified atom stereocenters. The summed E-state index contributed by atoms with van der Waals surface area (Å²) in [5, 5.41) is 10.3. The summed E-state index contributed by atoms with van der Waals surface area (Å²) in [6, 6.07) is 10.1. The normalized spacial score (nSPS) is 19.8. The molecule has 0 aromatic heterocycles. The molecule has 14 heavy (non-hydrogen) atoms. The van der Waals surface area contributed by atoms with E-state index < -0.39 is 5.60 Å². The summed E-state index contributed by atoms with van der Waals surface area (Å²) in [7, 11) is 0. The van der Waals surface area contributed by atoms with Crippen molar-refractivity contribution in [2.45, 2.75) is 37.7 Å². The highest BCUT2D eigenvalue weighted by molar-refractivity contribution is 6.92. The zero-order valence-electron chi connectivity index (χ0n) is 8.58. The molecule has 0 radical (unpaired) electrons. The van der Waals surface area contributed by atoms with Crippen LogP contribution in [0.4, 0.5) is 0 Å². The molecule has 1 aliphatic carbocycles. The number of benzene rings is 1. The second-order valence-corrected chi connectivity index (χ2v) is 3.96. The van der Waals surface area contributed by atoms with Crippen LogP contribution >= 0.6 is 9.90 Å². The molecule has 1 atom stereocenters. The Morgan fingerprint density at radius 2 is 1.50 bits per heavy atom. The Balaban J connectivity index is 0.000000980. The lowest BCUT2D eigenvalue weighted by Gasteiger charge is -2.32. The highest BCUT2D eigenvalue weighted by Gasteiger charge is 2.30. The monoisotopic (exact) mass is 210 g/mol. The van der Waals surface area contributed by atoms with E-state index in [1.807, 2.05) is 30.3 Å². The first-order valence-electron chi connectivity index (χ1n) is 5.09. The molecule has 0 bridgehead atoms. The second kappa shape index (κ2) is 4.91. The quantitative estimate of drug-likeness (QED) is 0.707. The molecule has 0 aliphatic heterocycles. The maximum absolute atomic E-state index is 10.3. The lowest BCUT2D eigenvalue weighted by atomic mass is 9.80. The van der Waals surface area contributed by atoms with Crippen molar-refractivity contribution in [3.8, 4) is 0 Å². The maximum Gasteiger partial charge on any atom is 0.0896 e. The Hall–Kier alpha value is -0.390. The molecule has 1 aromatic carbocycles. The fraction of sp³-hybridized carbons (Fsp3) is 0.500. The highest BCUT2D eigenvalue weighted by Crippen LogP contribution is 2.36. The molecule has 0 spiro atoms. The van der Waals surface area contributed by atoms with Gasteiger partial charge in [0, 0.05) is 0 Å². The summed E-state index contributed by atoms with van der Waals surface area (Å²) in [5.41, 5.74) is 0.564. The summed E-state index contributed by atoms with van der Waals surface area (Å²) in [5.74, 6) is 0. The molecule has 78 valence electrons. The van der Waals surface area contributed by atoms with Crippen LogP contribution in [0.1, 0.15) is 37.7 Å². The molecule has 1 nitrogen and oxygen atoms in total. The van der Waals surface area contributed by atoms with Gasteiger partial charge in [0.1, 0.15) is 0 Å². The van der Waals surface area contributed by atoms with Gasteiger partial charge in [0.25, 0.3) is 0 Å². The molecular formula is C12H19OP. The lowest BCUT2D eigenvalue weighted by Crippen LogP contribution is -2.28. The van der Waals surface area contributed by atoms with Crippen molar-refractivity contribution in [3.05, 3.63) is 35.9 Å². The van der Waals surface area contributed by atoms with Crippen molar-refractivity contribution in [1.82, 2.24) is 0 Å². The van der Waals surface area contributed by atoms with E-state index >= 15 is 0 Å². The minimum Gasteiger partial charge on any atom is -0.385 e. The topological polar surface area (TPSA) is 20.2 Å². The molecule has 1 aromatic rings. The summed E-state index contributed by atoms with van der Waals surface area (Å²) in [6.07, 6.45) is 5.44. The standard InChI is InChI=1S/C12H16O.H3P/c13-12(9-5-2-6-10-12)11-7-3-1-4-8-11;/h1,3-4,7-8,13H,2,5-6,9-10H2;1H3. The fourth-order valence-electron chi connectivity index (χ4n) is 2.17. The first kappa shape index (κ1) is 11.7. The average molecular weight is 210 g/mol. The first-order chi connectivity index (χ1) is 6.31. The summed E-state index contributed by atoms with van der Waals surface area (Å²) < 4.78 is 0. The smallest absolute Gasteiger partial charge is 0.0896 e. The third-order valence-corrected chi connectivity index (χ3v) is 2.99. The minimum atomic E-state index is -0.528. The van der Waals surface area contributed by atoms with Crippen LogP contribution in [0.15, 0.2) is 30.3 Å². The zero-order valence-corrected chi connectivity index (χ0v) is 9.99. The predicted molar refractivity (Wildman–Crippen MR) is 64.5 cm³/mol. The fourth-order valence-corrected chi connectivity index (χ4v) is 2.17. The molecule has 1 saturated carbocycles. The zero-order chi connectivity index (χ0) is 9.15. The molecule has 2 heteroatoms. The van der Waals surface area contributed by atoms with E-state index in [1.165, 1.54) is 6.42 Å². The second-order valence-electron chi connectivity index (χ2n) is 3.96. The van der Waals surface area contributed by atoms with Gasteiger partial charge in [-0.1, -0.05) is 49.6 Å². The molecule has 1 fully saturated rings. The van der Waals surface area contributed by atoms with Crippen LogP contribution in [-0.4, -0.2) is 5.11 Å². The Morgan fingerprint density at radius 1 is 0.929 bits per heavy atom. The van der Waals surface area contributed by atoms with Crippen molar-refractivity contribution in [1.29, 1.82) is 0 Å². The number of hydrogen-bond acceptors (Lipinski definition) is 1. The van der Waals surface area contributed by atoms with Crippen LogP contribution in [0.25, 0.3) is 0 Å². The Labute approximate surface area is 89.2 Å². The third kappa shape index (κ3) is 2.34. The van der Waals surface area contributed by atoms with Gasteiger partial charge in [-0.25, -0.2) is 0 Å². The van der Waals surface area contributed by atoms with Crippen LogP contribution < -0.4 is 0 Å². The van der Waals surface area contributed by atoms with Gasteiger partial charge < -0.3 is 5.11 Å². The van der Waals surface area contributed by atoms with Gasteiger partial charge in [-0.15, -0.1) is 0 Å². The first-order valence-corrected chi connectivity index (χ1v) is 5.09. The van der Waals surface area contributed by atoms with Crippen molar-refractivity contribution in [2.75, 3.05) is 0 Å². The number of hydrogen-bond donors (Lipinski definition) is 1. The van der Waals surface area contributed by atoms with Crippen LogP contribution in [0.5, 0.6) is 0 Å². The summed E-state index contributed by atoms with van der Waals surface area (Å²) in [6.45, 7) is 0. The minimum absolute atomic E-state index is 0. The summed E-state index contributed by atoms with van der Waals surface area (Å²) in [4.78, 5) is 0. The van der Waals surface area contributed by atoms with Crippen molar-refractivity contribution < 1.29 is 5.11 Å². The van der Waals surface area contributed by atoms with Crippen LogP contribution in [0, 0.1) is 0 Å². The maximum atomic E-state index is 10.3. The van der Waals surface area contributed by atoms with Gasteiger partial charge >= 0.3 is 0 Å². The largest absolute Gasteiger partial charge is 0.385 e. The van der Waals surface area contributed by atoms with Gasteiger partial charge in [-0.05, 0) is 18.4 Å². The molecule has 0 amide bonds. The van der Waals surface area contributed by atoms with Gasteiger partial charge in [0.05, 0.1) is 5.60 Å². The van der Waals surface area contributed by atoms with Gasteiger partial charge in [0.15, 0.2) is 0 Å². The van der Waals surface area contributed by atoms with Crippen LogP contribution in [-0.2, 0) is 5.60 Å². The number of aliphatic hydroxyl groups is 1. The molecule has 1 aliphatic rings. The van der Waals surface area contributed by atoms with Gasteiger partial charge in [0.2, 0.25) is 0 Å². The average Bonchev–Trinajstić information content (AvgIpc) is 2.20. The third-order valence-electron chi connectivity index (χ3n) is 2.99. The van der Waals surface area contributed by atoms with Crippen LogP contribution in [0.3, 0.4) is 0 Å². The SMILES string of the molecule is OC1(c2ccccc2)CCCCC1.P. The Morgan fingerprint density at radius 3 is 2.07 bits per heavy atom. The van der Waals surface area contributed by atoms with E-state index in [4.69, 9.17) is 0 Å². The number of rotatable bonds is 1. The van der Waals surface area contributed by atoms with E-state index in [0.29, 0.717) is 0 Å². The van der Waals surface area contributed by atoms with E-state index in [0.717, 1.165) is 31.2 Å². The van der Waals surface area contributed by atoms with Crippen molar-refractivity contribution in [2.24, 2.45) is 0 Å². The summed E-state index contributed by atoms with van der Waals surface area (Å²) >= 11 is 0. The van der Waals surface area contributed by atoms with Gasteiger partial charge in [-0.2, -0.15) is 9.90 Å². The predicted octanol–water partition coefficient (Wildman–Crippen LogP) is 2.90. The van der Waals surface area contributed by atoms with E-state index in [1.54, 1.807) is 0 Å². The van der Waals surface area contributed by atoms with Crippen molar-refractivity contribution >= 4 is 9.90 Å². The van der Waals surface area contributed by atoms with E-state index in [-0.39, 0.29) is 9.90 Å².